The molecule has 0 aliphatic carbocycles. The summed E-state index contributed by atoms with van der Waals surface area (Å²) in [6.07, 6.45) is 2.46. The van der Waals surface area contributed by atoms with Crippen molar-refractivity contribution in [1.82, 2.24) is 4.98 Å². The number of halogens is 1. The van der Waals surface area contributed by atoms with Gasteiger partial charge < -0.3 is 5.11 Å². The highest BCUT2D eigenvalue weighted by Gasteiger charge is 2.14. The van der Waals surface area contributed by atoms with Gasteiger partial charge in [0, 0.05) is 11.4 Å². The molecule has 0 aromatic carbocycles. The number of carboxylic acids is 1. The summed E-state index contributed by atoms with van der Waals surface area (Å²) in [5.74, 6) is -1.02. The Kier molecular flexibility index (Phi) is 4.42. The van der Waals surface area contributed by atoms with Gasteiger partial charge >= 0.3 is 5.97 Å². The van der Waals surface area contributed by atoms with Gasteiger partial charge in [-0.25, -0.2) is 9.78 Å². The Morgan fingerprint density at radius 1 is 1.73 bits per heavy atom. The fourth-order valence-electron chi connectivity index (χ4n) is 0.946. The predicted molar refractivity (Wildman–Crippen MR) is 61.8 cm³/mol. The summed E-state index contributed by atoms with van der Waals surface area (Å²) in [7, 11) is 0. The van der Waals surface area contributed by atoms with E-state index in [-0.39, 0.29) is 10.6 Å². The smallest absolute Gasteiger partial charge is 0.337 e. The first kappa shape index (κ1) is 12.3. The summed E-state index contributed by atoms with van der Waals surface area (Å²) < 4.78 is 0. The molecule has 82 valence electrons. The predicted octanol–water partition coefficient (Wildman–Crippen LogP) is 3.32. The first-order chi connectivity index (χ1) is 7.06. The van der Waals surface area contributed by atoms with Crippen molar-refractivity contribution in [3.05, 3.63) is 22.8 Å². The molecule has 0 fully saturated rings. The maximum Gasteiger partial charge on any atom is 0.337 e. The molecule has 5 heteroatoms. The molecule has 0 radical (unpaired) electrons. The third-order valence-corrected chi connectivity index (χ3v) is 3.74. The first-order valence-corrected chi connectivity index (χ1v) is 5.86. The van der Waals surface area contributed by atoms with Crippen LogP contribution in [0.2, 0.25) is 5.02 Å². The second-order valence-electron chi connectivity index (χ2n) is 3.12. The fraction of sp³-hybridized carbons (Fsp3) is 0.400. The molecule has 1 aromatic heterocycles. The van der Waals surface area contributed by atoms with Crippen LogP contribution in [0.4, 0.5) is 0 Å². The third-order valence-electron chi connectivity index (χ3n) is 1.98. The molecule has 0 saturated heterocycles. The van der Waals surface area contributed by atoms with E-state index in [9.17, 15) is 4.79 Å². The molecule has 0 saturated carbocycles. The minimum Gasteiger partial charge on any atom is -0.478 e. The van der Waals surface area contributed by atoms with Crippen LogP contribution >= 0.6 is 23.4 Å². The quantitative estimate of drug-likeness (QED) is 0.827. The highest BCUT2D eigenvalue weighted by atomic mass is 35.5. The van der Waals surface area contributed by atoms with Crippen molar-refractivity contribution < 1.29 is 9.90 Å². The zero-order valence-electron chi connectivity index (χ0n) is 8.53. The Labute approximate surface area is 97.9 Å². The number of hydrogen-bond acceptors (Lipinski definition) is 3. The van der Waals surface area contributed by atoms with E-state index in [1.54, 1.807) is 0 Å². The largest absolute Gasteiger partial charge is 0.478 e. The van der Waals surface area contributed by atoms with Crippen molar-refractivity contribution >= 4 is 29.3 Å². The monoisotopic (exact) mass is 245 g/mol. The zero-order chi connectivity index (χ0) is 11.4. The standard InChI is InChI=1S/C10H12ClNO2S/c1-3-6(2)15-9-8(11)7(10(13)14)4-5-12-9/h4-6H,3H2,1-2H3,(H,13,14). The SMILES string of the molecule is CCC(C)Sc1nccc(C(=O)O)c1Cl. The minimum absolute atomic E-state index is 0.109. The van der Waals surface area contributed by atoms with E-state index in [4.69, 9.17) is 16.7 Å². The second kappa shape index (κ2) is 5.37. The number of hydrogen-bond donors (Lipinski definition) is 1. The van der Waals surface area contributed by atoms with Crippen molar-refractivity contribution in [2.45, 2.75) is 30.5 Å². The highest BCUT2D eigenvalue weighted by Crippen LogP contribution is 2.31. The number of pyridine rings is 1. The lowest BCUT2D eigenvalue weighted by Gasteiger charge is -2.09. The number of aromatic carboxylic acids is 1. The molecule has 0 amide bonds. The summed E-state index contributed by atoms with van der Waals surface area (Å²) in [6.45, 7) is 4.11. The maximum absolute atomic E-state index is 10.8. The van der Waals surface area contributed by atoms with Gasteiger partial charge in [0.1, 0.15) is 5.03 Å². The Morgan fingerprint density at radius 3 is 2.93 bits per heavy atom. The summed E-state index contributed by atoms with van der Waals surface area (Å²) >= 11 is 7.44. The first-order valence-electron chi connectivity index (χ1n) is 4.60. The van der Waals surface area contributed by atoms with Crippen molar-refractivity contribution in [2.24, 2.45) is 0 Å². The minimum atomic E-state index is -1.02. The number of carboxylic acid groups (broad SMARTS) is 1. The van der Waals surface area contributed by atoms with Crippen LogP contribution in [-0.2, 0) is 0 Å². The molecule has 0 spiro atoms. The zero-order valence-corrected chi connectivity index (χ0v) is 10.1. The van der Waals surface area contributed by atoms with E-state index >= 15 is 0 Å². The fourth-order valence-corrected chi connectivity index (χ4v) is 2.15. The lowest BCUT2D eigenvalue weighted by molar-refractivity contribution is 0.0696. The summed E-state index contributed by atoms with van der Waals surface area (Å²) in [5.41, 5.74) is 0.109. The molecule has 1 heterocycles. The van der Waals surface area contributed by atoms with Crippen LogP contribution in [0.3, 0.4) is 0 Å². The van der Waals surface area contributed by atoms with E-state index in [1.165, 1.54) is 24.0 Å². The molecule has 1 unspecified atom stereocenters. The topological polar surface area (TPSA) is 50.2 Å². The summed E-state index contributed by atoms with van der Waals surface area (Å²) in [6, 6.07) is 1.41. The Balaban J connectivity index is 2.99. The van der Waals surface area contributed by atoms with Crippen LogP contribution in [0.1, 0.15) is 30.6 Å². The van der Waals surface area contributed by atoms with Gasteiger partial charge in [-0.2, -0.15) is 0 Å². The van der Waals surface area contributed by atoms with Gasteiger partial charge in [-0.1, -0.05) is 25.4 Å². The van der Waals surface area contributed by atoms with Crippen molar-refractivity contribution in [3.63, 3.8) is 0 Å². The van der Waals surface area contributed by atoms with Crippen LogP contribution in [0.25, 0.3) is 0 Å². The lowest BCUT2D eigenvalue weighted by atomic mass is 10.3. The molecular weight excluding hydrogens is 234 g/mol. The molecule has 0 aliphatic rings. The average molecular weight is 246 g/mol. The lowest BCUT2D eigenvalue weighted by Crippen LogP contribution is -2.01. The molecule has 1 rings (SSSR count). The van der Waals surface area contributed by atoms with Crippen LogP contribution < -0.4 is 0 Å². The van der Waals surface area contributed by atoms with Gasteiger partial charge in [-0.05, 0) is 12.5 Å². The Bertz CT molecular complexity index is 370. The van der Waals surface area contributed by atoms with E-state index in [1.807, 2.05) is 0 Å². The number of rotatable bonds is 4. The van der Waals surface area contributed by atoms with E-state index in [2.05, 4.69) is 18.8 Å². The van der Waals surface area contributed by atoms with Gasteiger partial charge in [0.05, 0.1) is 10.6 Å². The number of aromatic nitrogens is 1. The van der Waals surface area contributed by atoms with E-state index in [0.29, 0.717) is 10.3 Å². The molecule has 0 bridgehead atoms. The van der Waals surface area contributed by atoms with Gasteiger partial charge in [0.25, 0.3) is 0 Å². The van der Waals surface area contributed by atoms with Gasteiger partial charge in [0.15, 0.2) is 0 Å². The Hall–Kier alpha value is -0.740. The maximum atomic E-state index is 10.8. The van der Waals surface area contributed by atoms with Gasteiger partial charge in [-0.3, -0.25) is 0 Å². The van der Waals surface area contributed by atoms with Crippen molar-refractivity contribution in [3.8, 4) is 0 Å². The summed E-state index contributed by atoms with van der Waals surface area (Å²) in [4.78, 5) is 14.9. The normalized spacial score (nSPS) is 12.5. The molecule has 1 N–H and O–H groups in total. The van der Waals surface area contributed by atoms with Crippen molar-refractivity contribution in [2.75, 3.05) is 0 Å². The molecular formula is C10H12ClNO2S. The van der Waals surface area contributed by atoms with Crippen LogP contribution in [0, 0.1) is 0 Å². The molecule has 1 aromatic rings. The van der Waals surface area contributed by atoms with Gasteiger partial charge in [0.2, 0.25) is 0 Å². The van der Waals surface area contributed by atoms with E-state index < -0.39 is 5.97 Å². The molecule has 1 atom stereocenters. The summed E-state index contributed by atoms with van der Waals surface area (Å²) in [5, 5.41) is 10.1. The molecule has 15 heavy (non-hydrogen) atoms. The molecule has 3 nitrogen and oxygen atoms in total. The Morgan fingerprint density at radius 2 is 2.40 bits per heavy atom. The number of carbonyl (C=O) groups is 1. The molecule has 0 aliphatic heterocycles. The van der Waals surface area contributed by atoms with Crippen LogP contribution in [-0.4, -0.2) is 21.3 Å². The van der Waals surface area contributed by atoms with E-state index in [0.717, 1.165) is 6.42 Å². The van der Waals surface area contributed by atoms with Crippen LogP contribution in [0.15, 0.2) is 17.3 Å². The number of thioether (sulfide) groups is 1. The number of nitrogens with zero attached hydrogens (tertiary/aromatic N) is 1. The van der Waals surface area contributed by atoms with Crippen molar-refractivity contribution in [1.29, 1.82) is 0 Å². The van der Waals surface area contributed by atoms with Gasteiger partial charge in [-0.15, -0.1) is 11.8 Å². The average Bonchev–Trinajstić information content (AvgIpc) is 2.20. The highest BCUT2D eigenvalue weighted by molar-refractivity contribution is 7.99. The van der Waals surface area contributed by atoms with Crippen LogP contribution in [0.5, 0.6) is 0 Å². The second-order valence-corrected chi connectivity index (χ2v) is 4.92. The third kappa shape index (κ3) is 3.11.